The Labute approximate surface area is 60.9 Å². The molecule has 0 aliphatic rings. The summed E-state index contributed by atoms with van der Waals surface area (Å²) in [5.41, 5.74) is 5.23. The minimum atomic E-state index is -0.490. The molecule has 0 rings (SSSR count). The van der Waals surface area contributed by atoms with Crippen molar-refractivity contribution < 1.29 is 9.53 Å². The first-order valence-electron chi connectivity index (χ1n) is 3.23. The Kier molecular flexibility index (Phi) is 4.58. The van der Waals surface area contributed by atoms with Gasteiger partial charge in [-0.2, -0.15) is 0 Å². The highest BCUT2D eigenvalue weighted by Gasteiger charge is 1.99. The summed E-state index contributed by atoms with van der Waals surface area (Å²) in [6, 6.07) is 0. The molecule has 0 fully saturated rings. The third-order valence-electron chi connectivity index (χ3n) is 0.973. The van der Waals surface area contributed by atoms with Gasteiger partial charge in [-0.05, 0) is 6.42 Å². The maximum absolute atomic E-state index is 10.3. The number of rotatable bonds is 5. The van der Waals surface area contributed by atoms with Crippen molar-refractivity contribution in [3.8, 4) is 0 Å². The van der Waals surface area contributed by atoms with Crippen LogP contribution in [0.3, 0.4) is 0 Å². The molecule has 58 valence electrons. The van der Waals surface area contributed by atoms with Gasteiger partial charge in [0, 0.05) is 12.2 Å². The van der Waals surface area contributed by atoms with Crippen LogP contribution in [0.5, 0.6) is 0 Å². The standard InChI is InChI=1S/C7H13NO2/c1-3-4-10-5-6(2)7(8)9/h2-5H2,1H3,(H2,8,9). The summed E-state index contributed by atoms with van der Waals surface area (Å²) in [7, 11) is 0. The van der Waals surface area contributed by atoms with E-state index in [4.69, 9.17) is 10.5 Å². The van der Waals surface area contributed by atoms with Crippen LogP contribution >= 0.6 is 0 Å². The first-order valence-corrected chi connectivity index (χ1v) is 3.23. The molecule has 3 nitrogen and oxygen atoms in total. The first kappa shape index (κ1) is 9.17. The number of ether oxygens (including phenoxy) is 1. The average molecular weight is 143 g/mol. The van der Waals surface area contributed by atoms with Crippen LogP contribution in [0.4, 0.5) is 0 Å². The number of hydrogen-bond donors (Lipinski definition) is 1. The highest BCUT2D eigenvalue weighted by Crippen LogP contribution is 1.90. The van der Waals surface area contributed by atoms with Gasteiger partial charge in [0.15, 0.2) is 0 Å². The number of nitrogens with two attached hydrogens (primary N) is 1. The lowest BCUT2D eigenvalue weighted by molar-refractivity contribution is -0.115. The molecule has 0 unspecified atom stereocenters. The Hall–Kier alpha value is -0.830. The van der Waals surface area contributed by atoms with Gasteiger partial charge in [0.05, 0.1) is 6.61 Å². The SMILES string of the molecule is C=C(COCCC)C(N)=O. The molecule has 0 saturated heterocycles. The Morgan fingerprint density at radius 2 is 2.30 bits per heavy atom. The van der Waals surface area contributed by atoms with Gasteiger partial charge in [-0.15, -0.1) is 0 Å². The maximum Gasteiger partial charge on any atom is 0.246 e. The van der Waals surface area contributed by atoms with Crippen molar-refractivity contribution >= 4 is 5.91 Å². The van der Waals surface area contributed by atoms with E-state index in [0.29, 0.717) is 12.2 Å². The summed E-state index contributed by atoms with van der Waals surface area (Å²) in [5, 5.41) is 0. The molecule has 0 aliphatic carbocycles. The summed E-state index contributed by atoms with van der Waals surface area (Å²) >= 11 is 0. The fourth-order valence-corrected chi connectivity index (χ4v) is 0.411. The molecule has 3 heteroatoms. The van der Waals surface area contributed by atoms with Crippen LogP contribution < -0.4 is 5.73 Å². The average Bonchev–Trinajstić information content (AvgIpc) is 1.88. The molecule has 0 aromatic carbocycles. The lowest BCUT2D eigenvalue weighted by atomic mass is 10.3. The van der Waals surface area contributed by atoms with Crippen molar-refractivity contribution in [2.24, 2.45) is 5.73 Å². The lowest BCUT2D eigenvalue weighted by Crippen LogP contribution is -2.16. The van der Waals surface area contributed by atoms with Crippen molar-refractivity contribution in [1.82, 2.24) is 0 Å². The molecule has 0 saturated carbocycles. The van der Waals surface area contributed by atoms with Crippen LogP contribution in [0.15, 0.2) is 12.2 Å². The number of amides is 1. The monoisotopic (exact) mass is 143 g/mol. The van der Waals surface area contributed by atoms with Crippen molar-refractivity contribution in [1.29, 1.82) is 0 Å². The topological polar surface area (TPSA) is 52.3 Å². The molecule has 0 bridgehead atoms. The summed E-state index contributed by atoms with van der Waals surface area (Å²) in [4.78, 5) is 10.3. The van der Waals surface area contributed by atoms with Gasteiger partial charge in [-0.1, -0.05) is 13.5 Å². The summed E-state index contributed by atoms with van der Waals surface area (Å²) in [6.45, 7) is 6.32. The van der Waals surface area contributed by atoms with E-state index in [1.807, 2.05) is 6.92 Å². The van der Waals surface area contributed by atoms with Crippen LogP contribution in [-0.2, 0) is 9.53 Å². The second-order valence-electron chi connectivity index (χ2n) is 2.02. The third kappa shape index (κ3) is 4.09. The van der Waals surface area contributed by atoms with Gasteiger partial charge in [0.1, 0.15) is 0 Å². The largest absolute Gasteiger partial charge is 0.377 e. The fourth-order valence-electron chi connectivity index (χ4n) is 0.411. The van der Waals surface area contributed by atoms with Crippen LogP contribution in [0.25, 0.3) is 0 Å². The van der Waals surface area contributed by atoms with Gasteiger partial charge in [-0.25, -0.2) is 0 Å². The van der Waals surface area contributed by atoms with Crippen LogP contribution in [0.2, 0.25) is 0 Å². The highest BCUT2D eigenvalue weighted by atomic mass is 16.5. The fraction of sp³-hybridized carbons (Fsp3) is 0.571. The molecule has 0 aliphatic heterocycles. The zero-order chi connectivity index (χ0) is 7.98. The van der Waals surface area contributed by atoms with Crippen molar-refractivity contribution in [3.05, 3.63) is 12.2 Å². The molecule has 0 spiro atoms. The predicted molar refractivity (Wildman–Crippen MR) is 39.4 cm³/mol. The third-order valence-corrected chi connectivity index (χ3v) is 0.973. The number of primary amides is 1. The van der Waals surface area contributed by atoms with Crippen LogP contribution in [0.1, 0.15) is 13.3 Å². The minimum Gasteiger partial charge on any atom is -0.377 e. The predicted octanol–water partition coefficient (Wildman–Crippen LogP) is 0.455. The van der Waals surface area contributed by atoms with Crippen molar-refractivity contribution in [2.45, 2.75) is 13.3 Å². The lowest BCUT2D eigenvalue weighted by Gasteiger charge is -2.00. The smallest absolute Gasteiger partial charge is 0.246 e. The molecule has 10 heavy (non-hydrogen) atoms. The summed E-state index contributed by atoms with van der Waals surface area (Å²) < 4.78 is 5.01. The Morgan fingerprint density at radius 1 is 1.70 bits per heavy atom. The quantitative estimate of drug-likeness (QED) is 0.449. The second-order valence-corrected chi connectivity index (χ2v) is 2.02. The van der Waals surface area contributed by atoms with E-state index in [0.717, 1.165) is 6.42 Å². The number of carbonyl (C=O) groups is 1. The normalized spacial score (nSPS) is 9.30. The van der Waals surface area contributed by atoms with Crippen molar-refractivity contribution in [3.63, 3.8) is 0 Å². The van der Waals surface area contributed by atoms with E-state index in [2.05, 4.69) is 6.58 Å². The van der Waals surface area contributed by atoms with E-state index in [1.54, 1.807) is 0 Å². The van der Waals surface area contributed by atoms with Gasteiger partial charge >= 0.3 is 0 Å². The summed E-state index contributed by atoms with van der Waals surface area (Å²) in [6.07, 6.45) is 0.937. The minimum absolute atomic E-state index is 0.253. The second kappa shape index (κ2) is 4.99. The molecule has 2 N–H and O–H groups in total. The van der Waals surface area contributed by atoms with Gasteiger partial charge in [0.2, 0.25) is 5.91 Å². The van der Waals surface area contributed by atoms with Gasteiger partial charge in [-0.3, -0.25) is 4.79 Å². The van der Waals surface area contributed by atoms with E-state index in [9.17, 15) is 4.79 Å². The Balaban J connectivity index is 3.31. The van der Waals surface area contributed by atoms with Gasteiger partial charge in [0.25, 0.3) is 0 Å². The Morgan fingerprint density at radius 3 is 2.70 bits per heavy atom. The molecule has 0 aromatic heterocycles. The van der Waals surface area contributed by atoms with E-state index in [-0.39, 0.29) is 6.61 Å². The molecule has 0 atom stereocenters. The van der Waals surface area contributed by atoms with Crippen LogP contribution in [-0.4, -0.2) is 19.1 Å². The first-order chi connectivity index (χ1) is 4.68. The van der Waals surface area contributed by atoms with Crippen molar-refractivity contribution in [2.75, 3.05) is 13.2 Å². The van der Waals surface area contributed by atoms with E-state index < -0.39 is 5.91 Å². The maximum atomic E-state index is 10.3. The highest BCUT2D eigenvalue weighted by molar-refractivity contribution is 5.91. The zero-order valence-corrected chi connectivity index (χ0v) is 6.22. The number of hydrogen-bond acceptors (Lipinski definition) is 2. The Bertz CT molecular complexity index is 132. The van der Waals surface area contributed by atoms with E-state index >= 15 is 0 Å². The van der Waals surface area contributed by atoms with Gasteiger partial charge < -0.3 is 10.5 Å². The zero-order valence-electron chi connectivity index (χ0n) is 6.22. The molecule has 0 aromatic rings. The molecule has 0 heterocycles. The summed E-state index contributed by atoms with van der Waals surface area (Å²) in [5.74, 6) is -0.490. The molecular weight excluding hydrogens is 130 g/mol. The molecular formula is C7H13NO2. The van der Waals surface area contributed by atoms with Crippen LogP contribution in [0, 0.1) is 0 Å². The number of carbonyl (C=O) groups excluding carboxylic acids is 1. The molecule has 0 radical (unpaired) electrons. The van der Waals surface area contributed by atoms with E-state index in [1.165, 1.54) is 0 Å². The molecule has 1 amide bonds.